The van der Waals surface area contributed by atoms with E-state index in [2.05, 4.69) is 14.7 Å². The monoisotopic (exact) mass is 371 g/mol. The molecule has 0 spiro atoms. The molecule has 1 heterocycles. The number of anilines is 1. The Kier molecular flexibility index (Phi) is 5.11. The molecule has 0 saturated heterocycles. The Morgan fingerprint density at radius 1 is 0.960 bits per heavy atom. The Hall–Kier alpha value is -2.70. The Morgan fingerprint density at radius 2 is 1.68 bits per heavy atom. The first-order valence-corrected chi connectivity index (χ1v) is 9.23. The van der Waals surface area contributed by atoms with Crippen molar-refractivity contribution in [1.82, 2.24) is 4.98 Å². The lowest BCUT2D eigenvalue weighted by Gasteiger charge is -2.07. The van der Waals surface area contributed by atoms with Gasteiger partial charge in [-0.25, -0.2) is 13.4 Å². The first-order valence-electron chi connectivity index (χ1n) is 7.37. The summed E-state index contributed by atoms with van der Waals surface area (Å²) in [5.41, 5.74) is 1.41. The van der Waals surface area contributed by atoms with Gasteiger partial charge in [0, 0.05) is 23.0 Å². The van der Waals surface area contributed by atoms with E-state index in [0.717, 1.165) is 5.56 Å². The number of hydrogen-bond donors (Lipinski definition) is 1. The Morgan fingerprint density at radius 3 is 2.36 bits per heavy atom. The highest BCUT2D eigenvalue weighted by molar-refractivity contribution is 7.92. The summed E-state index contributed by atoms with van der Waals surface area (Å²) >= 11 is 6.07. The second-order valence-corrected chi connectivity index (χ2v) is 7.18. The normalized spacial score (nSPS) is 11.6. The van der Waals surface area contributed by atoms with Crippen LogP contribution < -0.4 is 4.72 Å². The summed E-state index contributed by atoms with van der Waals surface area (Å²) in [4.78, 5) is 8.39. The number of halogens is 1. The number of nitrogens with one attached hydrogen (secondary N) is 1. The van der Waals surface area contributed by atoms with Crippen LogP contribution in [0.2, 0.25) is 5.02 Å². The minimum atomic E-state index is -3.69. The summed E-state index contributed by atoms with van der Waals surface area (Å²) < 4.78 is 27.1. The highest BCUT2D eigenvalue weighted by Gasteiger charge is 2.14. The molecule has 126 valence electrons. The maximum atomic E-state index is 12.3. The molecular weight excluding hydrogens is 358 g/mol. The van der Waals surface area contributed by atoms with Crippen molar-refractivity contribution in [3.63, 3.8) is 0 Å². The molecule has 5 nitrogen and oxygen atoms in total. The number of pyridine rings is 1. The Labute approximate surface area is 151 Å². The molecule has 0 aliphatic heterocycles. The van der Waals surface area contributed by atoms with E-state index in [4.69, 9.17) is 11.6 Å². The van der Waals surface area contributed by atoms with Crippen molar-refractivity contribution in [3.8, 4) is 0 Å². The van der Waals surface area contributed by atoms with Gasteiger partial charge in [0.25, 0.3) is 10.0 Å². The first-order chi connectivity index (χ1) is 12.0. The second kappa shape index (κ2) is 7.46. The molecule has 3 rings (SSSR count). The maximum Gasteiger partial charge on any atom is 0.263 e. The van der Waals surface area contributed by atoms with E-state index in [1.807, 2.05) is 18.2 Å². The molecular formula is C18H14ClN3O2S. The highest BCUT2D eigenvalue weighted by Crippen LogP contribution is 2.20. The molecule has 2 aromatic carbocycles. The van der Waals surface area contributed by atoms with Gasteiger partial charge < -0.3 is 0 Å². The number of nitrogens with zero attached hydrogens (tertiary/aromatic N) is 2. The van der Waals surface area contributed by atoms with Crippen molar-refractivity contribution in [2.45, 2.75) is 4.90 Å². The molecule has 1 aromatic heterocycles. The van der Waals surface area contributed by atoms with Crippen LogP contribution in [-0.2, 0) is 10.0 Å². The maximum absolute atomic E-state index is 12.3. The van der Waals surface area contributed by atoms with Crippen LogP contribution in [0.3, 0.4) is 0 Å². The molecule has 0 atom stereocenters. The predicted molar refractivity (Wildman–Crippen MR) is 100 cm³/mol. The lowest BCUT2D eigenvalue weighted by atomic mass is 10.2. The summed E-state index contributed by atoms with van der Waals surface area (Å²) in [6, 6.07) is 18.6. The standard InChI is InChI=1S/C18H14ClN3O2S/c19-17-6-2-1-5-14(17)13-21-15-8-10-16(11-9-15)25(23,24)22-18-7-3-4-12-20-18/h1-13H,(H,20,22). The van der Waals surface area contributed by atoms with Gasteiger partial charge >= 0.3 is 0 Å². The highest BCUT2D eigenvalue weighted by atomic mass is 35.5. The molecule has 0 aliphatic rings. The van der Waals surface area contributed by atoms with Gasteiger partial charge in [0.1, 0.15) is 5.82 Å². The first kappa shape index (κ1) is 17.1. The molecule has 0 saturated carbocycles. The van der Waals surface area contributed by atoms with Crippen molar-refractivity contribution < 1.29 is 8.42 Å². The lowest BCUT2D eigenvalue weighted by molar-refractivity contribution is 0.601. The van der Waals surface area contributed by atoms with Crippen LogP contribution >= 0.6 is 11.6 Å². The topological polar surface area (TPSA) is 71.4 Å². The van der Waals surface area contributed by atoms with Crippen molar-refractivity contribution in [3.05, 3.63) is 83.5 Å². The van der Waals surface area contributed by atoms with Gasteiger partial charge in [-0.15, -0.1) is 0 Å². The zero-order chi connectivity index (χ0) is 17.7. The fourth-order valence-electron chi connectivity index (χ4n) is 2.05. The average molecular weight is 372 g/mol. The van der Waals surface area contributed by atoms with Gasteiger partial charge in [-0.2, -0.15) is 0 Å². The van der Waals surface area contributed by atoms with E-state index < -0.39 is 10.0 Å². The summed E-state index contributed by atoms with van der Waals surface area (Å²) in [5.74, 6) is 0.267. The number of aliphatic imine (C=N–C) groups is 1. The molecule has 0 radical (unpaired) electrons. The number of rotatable bonds is 5. The molecule has 0 aliphatic carbocycles. The van der Waals surface area contributed by atoms with Crippen LogP contribution in [0.5, 0.6) is 0 Å². The van der Waals surface area contributed by atoms with Crippen LogP contribution in [0.1, 0.15) is 5.56 Å². The molecule has 7 heteroatoms. The van der Waals surface area contributed by atoms with E-state index in [1.165, 1.54) is 18.3 Å². The van der Waals surface area contributed by atoms with E-state index in [-0.39, 0.29) is 10.7 Å². The van der Waals surface area contributed by atoms with Gasteiger partial charge in [0.15, 0.2) is 0 Å². The van der Waals surface area contributed by atoms with Crippen LogP contribution in [0.4, 0.5) is 11.5 Å². The quantitative estimate of drug-likeness (QED) is 0.680. The largest absolute Gasteiger partial charge is 0.263 e. The molecule has 25 heavy (non-hydrogen) atoms. The molecule has 0 unspecified atom stereocenters. The van der Waals surface area contributed by atoms with Gasteiger partial charge in [0.05, 0.1) is 10.6 Å². The van der Waals surface area contributed by atoms with Crippen molar-refractivity contribution in [2.75, 3.05) is 4.72 Å². The average Bonchev–Trinajstić information content (AvgIpc) is 2.62. The molecule has 1 N–H and O–H groups in total. The minimum Gasteiger partial charge on any atom is -0.263 e. The minimum absolute atomic E-state index is 0.134. The summed E-state index contributed by atoms with van der Waals surface area (Å²) in [5, 5.41) is 0.602. The van der Waals surface area contributed by atoms with E-state index >= 15 is 0 Å². The van der Waals surface area contributed by atoms with Crippen LogP contribution in [0.25, 0.3) is 0 Å². The van der Waals surface area contributed by atoms with E-state index in [0.29, 0.717) is 10.7 Å². The Bertz CT molecular complexity index is 988. The van der Waals surface area contributed by atoms with Crippen molar-refractivity contribution >= 4 is 39.3 Å². The third-order valence-electron chi connectivity index (χ3n) is 3.31. The van der Waals surface area contributed by atoms with E-state index in [1.54, 1.807) is 42.6 Å². The number of aromatic nitrogens is 1. The molecule has 0 fully saturated rings. The second-order valence-electron chi connectivity index (χ2n) is 5.09. The van der Waals surface area contributed by atoms with Crippen LogP contribution in [-0.4, -0.2) is 19.6 Å². The Balaban J connectivity index is 1.77. The van der Waals surface area contributed by atoms with Crippen molar-refractivity contribution in [2.24, 2.45) is 4.99 Å². The molecule has 0 bridgehead atoms. The lowest BCUT2D eigenvalue weighted by Crippen LogP contribution is -2.13. The van der Waals surface area contributed by atoms with Crippen LogP contribution in [0.15, 0.2) is 82.8 Å². The fraction of sp³-hybridized carbons (Fsp3) is 0. The molecule has 0 amide bonds. The SMILES string of the molecule is O=S(=O)(Nc1ccccn1)c1ccc(N=Cc2ccccc2Cl)cc1. The zero-order valence-corrected chi connectivity index (χ0v) is 14.6. The third kappa shape index (κ3) is 4.43. The van der Waals surface area contributed by atoms with Gasteiger partial charge in [0.2, 0.25) is 0 Å². The van der Waals surface area contributed by atoms with Gasteiger partial charge in [-0.1, -0.05) is 35.9 Å². The summed E-state index contributed by atoms with van der Waals surface area (Å²) in [6.45, 7) is 0. The smallest absolute Gasteiger partial charge is 0.263 e. The van der Waals surface area contributed by atoms with Gasteiger partial charge in [-0.3, -0.25) is 9.71 Å². The van der Waals surface area contributed by atoms with Crippen LogP contribution in [0, 0.1) is 0 Å². The van der Waals surface area contributed by atoms with Gasteiger partial charge in [-0.05, 0) is 42.5 Å². The summed E-state index contributed by atoms with van der Waals surface area (Å²) in [7, 11) is -3.69. The predicted octanol–water partition coefficient (Wildman–Crippen LogP) is 4.29. The van der Waals surface area contributed by atoms with E-state index in [9.17, 15) is 8.42 Å². The summed E-state index contributed by atoms with van der Waals surface area (Å²) in [6.07, 6.45) is 3.16. The zero-order valence-electron chi connectivity index (χ0n) is 13.0. The number of sulfonamides is 1. The fourth-order valence-corrected chi connectivity index (χ4v) is 3.25. The number of hydrogen-bond acceptors (Lipinski definition) is 4. The van der Waals surface area contributed by atoms with Crippen molar-refractivity contribution in [1.29, 1.82) is 0 Å². The third-order valence-corrected chi connectivity index (χ3v) is 5.02. The molecule has 3 aromatic rings. The number of benzene rings is 2.